The number of alkyl halides is 1. The summed E-state index contributed by atoms with van der Waals surface area (Å²) in [5, 5.41) is 12.3. The van der Waals surface area contributed by atoms with Gasteiger partial charge in [-0.25, -0.2) is 4.79 Å². The lowest BCUT2D eigenvalue weighted by Crippen LogP contribution is -2.34. The number of H-pyrrole nitrogens is 1. The number of benzene rings is 2. The van der Waals surface area contributed by atoms with E-state index in [0.29, 0.717) is 41.7 Å². The number of aromatic nitrogens is 2. The van der Waals surface area contributed by atoms with Gasteiger partial charge in [-0.1, -0.05) is 18.2 Å². The molecule has 27 heavy (non-hydrogen) atoms. The molecule has 3 amide bonds. The van der Waals surface area contributed by atoms with Crippen molar-refractivity contribution in [3.63, 3.8) is 0 Å². The molecule has 0 atom stereocenters. The Labute approximate surface area is 154 Å². The molecule has 0 saturated heterocycles. The molecule has 2 aromatic carbocycles. The smallest absolute Gasteiger partial charge is 0.327 e. The first-order valence-electron chi connectivity index (χ1n) is 8.51. The van der Waals surface area contributed by atoms with Crippen molar-refractivity contribution in [2.24, 2.45) is 0 Å². The van der Waals surface area contributed by atoms with Crippen LogP contribution in [-0.4, -0.2) is 35.4 Å². The predicted octanol–water partition coefficient (Wildman–Crippen LogP) is 3.65. The number of hydrogen-bond donors (Lipinski definition) is 3. The second-order valence-electron chi connectivity index (χ2n) is 5.80. The standard InChI is InChI=1S/C19H19FN4O3/c20-10-4-5-11-27-14-8-9-16-15(12-14)17(24-23-16)21-19(26)22-18(25)13-6-2-1-3-7-13/h1-3,6-9,12H,4-5,10-11H2,(H3,21,22,23,24,25,26). The number of fused-ring (bicyclic) bond motifs is 1. The fourth-order valence-corrected chi connectivity index (χ4v) is 2.47. The lowest BCUT2D eigenvalue weighted by molar-refractivity contribution is 0.0967. The number of rotatable bonds is 7. The highest BCUT2D eigenvalue weighted by Gasteiger charge is 2.13. The van der Waals surface area contributed by atoms with E-state index in [1.807, 2.05) is 0 Å². The number of halogens is 1. The van der Waals surface area contributed by atoms with Gasteiger partial charge in [0.2, 0.25) is 0 Å². The molecule has 7 nitrogen and oxygen atoms in total. The number of unbranched alkanes of at least 4 members (excludes halogenated alkanes) is 1. The second-order valence-corrected chi connectivity index (χ2v) is 5.80. The van der Waals surface area contributed by atoms with Gasteiger partial charge in [0.05, 0.1) is 18.8 Å². The summed E-state index contributed by atoms with van der Waals surface area (Å²) in [6, 6.07) is 13.0. The van der Waals surface area contributed by atoms with E-state index in [-0.39, 0.29) is 12.5 Å². The molecule has 0 saturated carbocycles. The monoisotopic (exact) mass is 370 g/mol. The molecule has 0 bridgehead atoms. The fourth-order valence-electron chi connectivity index (χ4n) is 2.47. The summed E-state index contributed by atoms with van der Waals surface area (Å²) in [6.45, 7) is 0.0388. The number of anilines is 1. The third kappa shape index (κ3) is 4.81. The normalized spacial score (nSPS) is 10.6. The zero-order valence-corrected chi connectivity index (χ0v) is 14.5. The number of carbonyl (C=O) groups is 2. The van der Waals surface area contributed by atoms with Crippen molar-refractivity contribution in [2.75, 3.05) is 18.6 Å². The molecule has 3 rings (SSSR count). The summed E-state index contributed by atoms with van der Waals surface area (Å²) in [4.78, 5) is 24.1. The van der Waals surface area contributed by atoms with Gasteiger partial charge in [0, 0.05) is 10.9 Å². The summed E-state index contributed by atoms with van der Waals surface area (Å²) < 4.78 is 17.7. The van der Waals surface area contributed by atoms with E-state index in [0.717, 1.165) is 0 Å². The lowest BCUT2D eigenvalue weighted by Gasteiger charge is -2.07. The Morgan fingerprint density at radius 1 is 1.11 bits per heavy atom. The summed E-state index contributed by atoms with van der Waals surface area (Å²) in [6.07, 6.45) is 1.07. The number of nitrogens with zero attached hydrogens (tertiary/aromatic N) is 1. The van der Waals surface area contributed by atoms with Gasteiger partial charge < -0.3 is 4.74 Å². The fraction of sp³-hybridized carbons (Fsp3) is 0.211. The number of nitrogens with one attached hydrogen (secondary N) is 3. The maximum atomic E-state index is 12.1. The van der Waals surface area contributed by atoms with E-state index in [2.05, 4.69) is 20.8 Å². The maximum absolute atomic E-state index is 12.1. The molecule has 0 aliphatic heterocycles. The van der Waals surface area contributed by atoms with Crippen molar-refractivity contribution in [1.82, 2.24) is 15.5 Å². The Hall–Kier alpha value is -3.42. The highest BCUT2D eigenvalue weighted by molar-refractivity contribution is 6.09. The van der Waals surface area contributed by atoms with Crippen LogP contribution < -0.4 is 15.4 Å². The molecule has 3 N–H and O–H groups in total. The van der Waals surface area contributed by atoms with Gasteiger partial charge in [0.15, 0.2) is 5.82 Å². The van der Waals surface area contributed by atoms with Crippen molar-refractivity contribution < 1.29 is 18.7 Å². The van der Waals surface area contributed by atoms with Crippen molar-refractivity contribution in [3.05, 3.63) is 54.1 Å². The SMILES string of the molecule is O=C(NC(=O)c1ccccc1)Nc1n[nH]c2ccc(OCCCCF)cc12. The highest BCUT2D eigenvalue weighted by atomic mass is 19.1. The van der Waals surface area contributed by atoms with E-state index in [1.54, 1.807) is 48.5 Å². The van der Waals surface area contributed by atoms with Crippen molar-refractivity contribution in [1.29, 1.82) is 0 Å². The minimum atomic E-state index is -0.688. The zero-order chi connectivity index (χ0) is 19.1. The van der Waals surface area contributed by atoms with Crippen LogP contribution in [0.5, 0.6) is 5.75 Å². The first kappa shape index (κ1) is 18.4. The number of hydrogen-bond acceptors (Lipinski definition) is 4. The topological polar surface area (TPSA) is 96.1 Å². The number of carbonyl (C=O) groups excluding carboxylic acids is 2. The molecular weight excluding hydrogens is 351 g/mol. The number of imide groups is 1. The molecule has 1 heterocycles. The van der Waals surface area contributed by atoms with Crippen LogP contribution >= 0.6 is 0 Å². The van der Waals surface area contributed by atoms with Crippen LogP contribution in [0.1, 0.15) is 23.2 Å². The van der Waals surface area contributed by atoms with Gasteiger partial charge in [-0.05, 0) is 43.2 Å². The van der Waals surface area contributed by atoms with E-state index in [1.165, 1.54) is 0 Å². The Kier molecular flexibility index (Phi) is 5.98. The van der Waals surface area contributed by atoms with Crippen LogP contribution in [0.2, 0.25) is 0 Å². The third-order valence-electron chi connectivity index (χ3n) is 3.83. The van der Waals surface area contributed by atoms with Crippen LogP contribution in [0.15, 0.2) is 48.5 Å². The molecule has 3 aromatic rings. The molecule has 0 spiro atoms. The van der Waals surface area contributed by atoms with Crippen LogP contribution in [0.4, 0.5) is 15.0 Å². The second kappa shape index (κ2) is 8.79. The Morgan fingerprint density at radius 2 is 1.93 bits per heavy atom. The Balaban J connectivity index is 1.65. The predicted molar refractivity (Wildman–Crippen MR) is 99.7 cm³/mol. The first-order valence-corrected chi connectivity index (χ1v) is 8.51. The average Bonchev–Trinajstić information content (AvgIpc) is 3.08. The van der Waals surface area contributed by atoms with Gasteiger partial charge in [0.1, 0.15) is 5.75 Å². The highest BCUT2D eigenvalue weighted by Crippen LogP contribution is 2.25. The number of ether oxygens (including phenoxy) is 1. The molecule has 0 radical (unpaired) electrons. The van der Waals surface area contributed by atoms with Crippen LogP contribution in [0, 0.1) is 0 Å². The minimum Gasteiger partial charge on any atom is -0.494 e. The maximum Gasteiger partial charge on any atom is 0.327 e. The molecule has 0 aliphatic rings. The Bertz CT molecular complexity index is 927. The lowest BCUT2D eigenvalue weighted by atomic mass is 10.2. The average molecular weight is 370 g/mol. The number of urea groups is 1. The van der Waals surface area contributed by atoms with Gasteiger partial charge >= 0.3 is 6.03 Å². The molecule has 1 aromatic heterocycles. The van der Waals surface area contributed by atoms with Crippen LogP contribution in [0.3, 0.4) is 0 Å². The quantitative estimate of drug-likeness (QED) is 0.553. The van der Waals surface area contributed by atoms with Gasteiger partial charge in [0.25, 0.3) is 5.91 Å². The van der Waals surface area contributed by atoms with E-state index >= 15 is 0 Å². The molecule has 140 valence electrons. The van der Waals surface area contributed by atoms with Crippen molar-refractivity contribution in [2.45, 2.75) is 12.8 Å². The molecule has 8 heteroatoms. The first-order chi connectivity index (χ1) is 13.2. The molecule has 0 unspecified atom stereocenters. The molecule has 0 fully saturated rings. The summed E-state index contributed by atoms with van der Waals surface area (Å²) in [5.74, 6) is 0.356. The summed E-state index contributed by atoms with van der Waals surface area (Å²) in [5.41, 5.74) is 1.08. The van der Waals surface area contributed by atoms with Crippen molar-refractivity contribution >= 4 is 28.7 Å². The zero-order valence-electron chi connectivity index (χ0n) is 14.5. The number of amides is 3. The summed E-state index contributed by atoms with van der Waals surface area (Å²) in [7, 11) is 0. The largest absolute Gasteiger partial charge is 0.494 e. The van der Waals surface area contributed by atoms with E-state index < -0.39 is 11.9 Å². The minimum absolute atomic E-state index is 0.276. The van der Waals surface area contributed by atoms with Gasteiger partial charge in [-0.2, -0.15) is 5.10 Å². The van der Waals surface area contributed by atoms with Crippen LogP contribution in [-0.2, 0) is 0 Å². The van der Waals surface area contributed by atoms with Crippen LogP contribution in [0.25, 0.3) is 10.9 Å². The van der Waals surface area contributed by atoms with Crippen molar-refractivity contribution in [3.8, 4) is 5.75 Å². The van der Waals surface area contributed by atoms with Gasteiger partial charge in [-0.15, -0.1) is 0 Å². The summed E-state index contributed by atoms with van der Waals surface area (Å²) >= 11 is 0. The molecular formula is C19H19FN4O3. The molecule has 0 aliphatic carbocycles. The Morgan fingerprint density at radius 3 is 2.70 bits per heavy atom. The van der Waals surface area contributed by atoms with E-state index in [9.17, 15) is 14.0 Å². The van der Waals surface area contributed by atoms with E-state index in [4.69, 9.17) is 4.74 Å². The van der Waals surface area contributed by atoms with Gasteiger partial charge in [-0.3, -0.25) is 24.9 Å². The third-order valence-corrected chi connectivity index (χ3v) is 3.83. The number of aromatic amines is 1.